The van der Waals surface area contributed by atoms with Crippen LogP contribution in [0.25, 0.3) is 0 Å². The van der Waals surface area contributed by atoms with Crippen LogP contribution in [0.3, 0.4) is 0 Å². The Bertz CT molecular complexity index is 1510. The molecule has 0 aromatic heterocycles. The molecule has 194 valence electrons. The predicted octanol–water partition coefficient (Wildman–Crippen LogP) is 6.51. The molecular formula is C26H17Cl4N3O5. The zero-order valence-corrected chi connectivity index (χ0v) is 22.5. The minimum atomic E-state index is -0.791. The quantitative estimate of drug-likeness (QED) is 0.184. The highest BCUT2D eigenvalue weighted by Crippen LogP contribution is 2.38. The smallest absolute Gasteiger partial charge is 0.338 e. The van der Waals surface area contributed by atoms with Crippen molar-refractivity contribution in [2.24, 2.45) is 0 Å². The van der Waals surface area contributed by atoms with Crippen molar-refractivity contribution in [2.45, 2.75) is 6.92 Å². The van der Waals surface area contributed by atoms with E-state index in [-0.39, 0.29) is 38.1 Å². The number of carbonyl (C=O) groups is 4. The fraction of sp³-hybridized carbons (Fsp3) is 0.0769. The van der Waals surface area contributed by atoms with Gasteiger partial charge in [0.25, 0.3) is 17.7 Å². The van der Waals surface area contributed by atoms with E-state index < -0.39 is 23.7 Å². The first-order valence-corrected chi connectivity index (χ1v) is 12.5. The molecule has 38 heavy (non-hydrogen) atoms. The second-order valence-corrected chi connectivity index (χ2v) is 9.41. The molecule has 0 bridgehead atoms. The van der Waals surface area contributed by atoms with Crippen molar-refractivity contribution in [3.8, 4) is 0 Å². The lowest BCUT2D eigenvalue weighted by Gasteiger charge is -2.17. The number of rotatable bonds is 7. The molecule has 1 aliphatic rings. The van der Waals surface area contributed by atoms with Crippen molar-refractivity contribution >= 4 is 87.2 Å². The van der Waals surface area contributed by atoms with Crippen LogP contribution in [-0.2, 0) is 14.3 Å². The number of hydrogen-bond donors (Lipinski definition) is 2. The standard InChI is InChI=1S/C26H17Cl4N3O5/c1-2-38-26(37)14-4-3-5-16(10-14)32-23(34)13-6-8-15(9-7-13)31-22-21(30)24(35)33(25(22)36)20-12-18(28)17(27)11-19(20)29/h3-12,31H,2H2,1H3,(H,32,34). The number of esters is 1. The Hall–Kier alpha value is -3.56. The minimum Gasteiger partial charge on any atom is -0.462 e. The third-order valence-corrected chi connectivity index (χ3v) is 6.68. The van der Waals surface area contributed by atoms with E-state index in [1.807, 2.05) is 0 Å². The van der Waals surface area contributed by atoms with Crippen molar-refractivity contribution in [3.05, 3.63) is 97.6 Å². The summed E-state index contributed by atoms with van der Waals surface area (Å²) in [5.74, 6) is -2.46. The molecule has 12 heteroatoms. The van der Waals surface area contributed by atoms with Gasteiger partial charge in [-0.15, -0.1) is 0 Å². The molecule has 4 rings (SSSR count). The van der Waals surface area contributed by atoms with Gasteiger partial charge in [-0.3, -0.25) is 14.4 Å². The minimum absolute atomic E-state index is 0.0325. The molecule has 1 heterocycles. The molecular weight excluding hydrogens is 576 g/mol. The number of carbonyl (C=O) groups excluding carboxylic acids is 4. The van der Waals surface area contributed by atoms with E-state index in [1.54, 1.807) is 25.1 Å². The molecule has 0 spiro atoms. The number of imide groups is 1. The average Bonchev–Trinajstić information content (AvgIpc) is 3.10. The normalized spacial score (nSPS) is 13.1. The predicted molar refractivity (Wildman–Crippen MR) is 147 cm³/mol. The van der Waals surface area contributed by atoms with Crippen molar-refractivity contribution in [2.75, 3.05) is 22.1 Å². The van der Waals surface area contributed by atoms with E-state index >= 15 is 0 Å². The Morgan fingerprint density at radius 2 is 1.50 bits per heavy atom. The molecule has 2 N–H and O–H groups in total. The fourth-order valence-corrected chi connectivity index (χ4v) is 4.34. The Labute approximate surface area is 237 Å². The maximum Gasteiger partial charge on any atom is 0.338 e. The summed E-state index contributed by atoms with van der Waals surface area (Å²) < 4.78 is 4.97. The molecule has 0 saturated heterocycles. The summed E-state index contributed by atoms with van der Waals surface area (Å²) in [6, 6.07) is 15.1. The number of nitrogens with one attached hydrogen (secondary N) is 2. The van der Waals surface area contributed by atoms with E-state index in [4.69, 9.17) is 51.1 Å². The Morgan fingerprint density at radius 3 is 2.18 bits per heavy atom. The summed E-state index contributed by atoms with van der Waals surface area (Å²) in [6.07, 6.45) is 0. The van der Waals surface area contributed by atoms with Gasteiger partial charge in [0, 0.05) is 16.9 Å². The van der Waals surface area contributed by atoms with Gasteiger partial charge >= 0.3 is 5.97 Å². The van der Waals surface area contributed by atoms with Gasteiger partial charge in [0.2, 0.25) is 0 Å². The molecule has 0 unspecified atom stereocenters. The lowest BCUT2D eigenvalue weighted by molar-refractivity contribution is -0.120. The molecule has 0 saturated carbocycles. The van der Waals surface area contributed by atoms with Crippen LogP contribution in [0.2, 0.25) is 15.1 Å². The summed E-state index contributed by atoms with van der Waals surface area (Å²) in [6.45, 7) is 1.94. The van der Waals surface area contributed by atoms with E-state index in [0.29, 0.717) is 22.5 Å². The number of ether oxygens (including phenoxy) is 1. The third-order valence-electron chi connectivity index (χ3n) is 5.31. The number of nitrogens with zero attached hydrogens (tertiary/aromatic N) is 1. The van der Waals surface area contributed by atoms with Crippen LogP contribution in [0.15, 0.2) is 71.4 Å². The van der Waals surface area contributed by atoms with Crippen molar-refractivity contribution in [1.82, 2.24) is 0 Å². The zero-order valence-electron chi connectivity index (χ0n) is 19.5. The first-order chi connectivity index (χ1) is 18.1. The molecule has 8 nitrogen and oxygen atoms in total. The van der Waals surface area contributed by atoms with Gasteiger partial charge in [0.05, 0.1) is 32.9 Å². The average molecular weight is 593 g/mol. The van der Waals surface area contributed by atoms with E-state index in [2.05, 4.69) is 10.6 Å². The summed E-state index contributed by atoms with van der Waals surface area (Å²) in [5, 5.41) is 5.48. The van der Waals surface area contributed by atoms with Gasteiger partial charge in [-0.2, -0.15) is 0 Å². The zero-order chi connectivity index (χ0) is 27.6. The Balaban J connectivity index is 1.47. The van der Waals surface area contributed by atoms with Gasteiger partial charge in [0.15, 0.2) is 0 Å². The maximum absolute atomic E-state index is 13.0. The van der Waals surface area contributed by atoms with Crippen LogP contribution in [-0.4, -0.2) is 30.3 Å². The molecule has 3 aromatic carbocycles. The van der Waals surface area contributed by atoms with Gasteiger partial charge in [-0.1, -0.05) is 52.5 Å². The third kappa shape index (κ3) is 5.63. The van der Waals surface area contributed by atoms with Crippen LogP contribution < -0.4 is 15.5 Å². The summed E-state index contributed by atoms with van der Waals surface area (Å²) in [4.78, 5) is 51.2. The van der Waals surface area contributed by atoms with E-state index in [1.165, 1.54) is 42.5 Å². The number of halogens is 4. The monoisotopic (exact) mass is 591 g/mol. The number of anilines is 3. The number of amides is 3. The second kappa shape index (κ2) is 11.4. The second-order valence-electron chi connectivity index (χ2n) is 7.81. The Kier molecular flexibility index (Phi) is 8.28. The highest BCUT2D eigenvalue weighted by Gasteiger charge is 2.40. The molecule has 0 fully saturated rings. The van der Waals surface area contributed by atoms with E-state index in [0.717, 1.165) is 4.90 Å². The van der Waals surface area contributed by atoms with Crippen molar-refractivity contribution < 1.29 is 23.9 Å². The SMILES string of the molecule is CCOC(=O)c1cccc(NC(=O)c2ccc(NC3=C(Cl)C(=O)N(c4cc(Cl)c(Cl)cc4Cl)C3=O)cc2)c1. The van der Waals surface area contributed by atoms with E-state index in [9.17, 15) is 19.2 Å². The van der Waals surface area contributed by atoms with Gasteiger partial charge in [-0.05, 0) is 61.5 Å². The molecule has 3 aromatic rings. The van der Waals surface area contributed by atoms with Crippen LogP contribution in [0, 0.1) is 0 Å². The van der Waals surface area contributed by atoms with Gasteiger partial charge in [-0.25, -0.2) is 9.69 Å². The summed E-state index contributed by atoms with van der Waals surface area (Å²) >= 11 is 24.3. The van der Waals surface area contributed by atoms with Crippen LogP contribution in [0.5, 0.6) is 0 Å². The van der Waals surface area contributed by atoms with Crippen LogP contribution in [0.1, 0.15) is 27.6 Å². The Morgan fingerprint density at radius 1 is 0.816 bits per heavy atom. The highest BCUT2D eigenvalue weighted by atomic mass is 35.5. The van der Waals surface area contributed by atoms with Crippen LogP contribution in [0.4, 0.5) is 17.1 Å². The van der Waals surface area contributed by atoms with Crippen LogP contribution >= 0.6 is 46.4 Å². The summed E-state index contributed by atoms with van der Waals surface area (Å²) in [7, 11) is 0. The molecule has 0 radical (unpaired) electrons. The van der Waals surface area contributed by atoms with Crippen molar-refractivity contribution in [1.29, 1.82) is 0 Å². The molecule has 0 aliphatic carbocycles. The summed E-state index contributed by atoms with van der Waals surface area (Å²) in [5.41, 5.74) is 1.27. The van der Waals surface area contributed by atoms with Gasteiger partial charge < -0.3 is 15.4 Å². The van der Waals surface area contributed by atoms with Gasteiger partial charge in [0.1, 0.15) is 10.7 Å². The lowest BCUT2D eigenvalue weighted by Crippen LogP contribution is -2.32. The molecule has 0 atom stereocenters. The lowest BCUT2D eigenvalue weighted by atomic mass is 10.1. The maximum atomic E-state index is 13.0. The number of hydrogen-bond acceptors (Lipinski definition) is 6. The number of benzene rings is 3. The highest BCUT2D eigenvalue weighted by molar-refractivity contribution is 6.54. The largest absolute Gasteiger partial charge is 0.462 e. The molecule has 3 amide bonds. The molecule has 1 aliphatic heterocycles. The first-order valence-electron chi connectivity index (χ1n) is 11.0. The fourth-order valence-electron chi connectivity index (χ4n) is 3.50. The first kappa shape index (κ1) is 27.5. The van der Waals surface area contributed by atoms with Crippen molar-refractivity contribution in [3.63, 3.8) is 0 Å². The topological polar surface area (TPSA) is 105 Å².